The standard InChI is InChI=1S/C23H29N5O/c1-4-24-23(26-16-20-14-17(2)22(29)18(3)15-20)25-12-10-19-6-8-21(9-7-19)28-13-5-11-27-28/h5-9,11,13-15,29H,4,10,12,16H2,1-3H3,(H2,24,25,26). The molecule has 1 heterocycles. The van der Waals surface area contributed by atoms with Crippen LogP contribution in [-0.4, -0.2) is 33.9 Å². The van der Waals surface area contributed by atoms with E-state index in [2.05, 4.69) is 51.9 Å². The molecule has 0 unspecified atom stereocenters. The summed E-state index contributed by atoms with van der Waals surface area (Å²) in [6.07, 6.45) is 4.62. The second kappa shape index (κ2) is 9.78. The van der Waals surface area contributed by atoms with E-state index in [-0.39, 0.29) is 0 Å². The molecule has 0 amide bonds. The van der Waals surface area contributed by atoms with Crippen molar-refractivity contribution in [3.63, 3.8) is 0 Å². The zero-order chi connectivity index (χ0) is 20.6. The van der Waals surface area contributed by atoms with Gasteiger partial charge in [-0.2, -0.15) is 5.10 Å². The van der Waals surface area contributed by atoms with Crippen molar-refractivity contribution < 1.29 is 5.11 Å². The number of aliphatic imine (C=N–C) groups is 1. The highest BCUT2D eigenvalue weighted by Crippen LogP contribution is 2.23. The van der Waals surface area contributed by atoms with Crippen LogP contribution in [0.5, 0.6) is 5.75 Å². The number of phenols is 1. The van der Waals surface area contributed by atoms with Gasteiger partial charge in [0.15, 0.2) is 5.96 Å². The normalized spacial score (nSPS) is 11.5. The van der Waals surface area contributed by atoms with Crippen molar-refractivity contribution in [1.29, 1.82) is 0 Å². The number of aromatic nitrogens is 2. The Labute approximate surface area is 172 Å². The summed E-state index contributed by atoms with van der Waals surface area (Å²) < 4.78 is 1.85. The fourth-order valence-corrected chi connectivity index (χ4v) is 3.21. The summed E-state index contributed by atoms with van der Waals surface area (Å²) in [5, 5.41) is 20.9. The maximum absolute atomic E-state index is 9.92. The van der Waals surface area contributed by atoms with Crippen LogP contribution in [-0.2, 0) is 13.0 Å². The molecule has 0 aliphatic rings. The van der Waals surface area contributed by atoms with Crippen molar-refractivity contribution in [1.82, 2.24) is 20.4 Å². The van der Waals surface area contributed by atoms with Crippen LogP contribution in [0.1, 0.15) is 29.2 Å². The minimum absolute atomic E-state index is 0.362. The number of rotatable bonds is 7. The van der Waals surface area contributed by atoms with Gasteiger partial charge in [-0.1, -0.05) is 24.3 Å². The Morgan fingerprint density at radius 2 is 1.79 bits per heavy atom. The van der Waals surface area contributed by atoms with Gasteiger partial charge in [-0.3, -0.25) is 0 Å². The van der Waals surface area contributed by atoms with E-state index in [0.29, 0.717) is 12.3 Å². The lowest BCUT2D eigenvalue weighted by Crippen LogP contribution is -2.38. The Hall–Kier alpha value is -3.28. The van der Waals surface area contributed by atoms with Crippen LogP contribution in [0, 0.1) is 13.8 Å². The van der Waals surface area contributed by atoms with Crippen molar-refractivity contribution in [2.45, 2.75) is 33.7 Å². The quantitative estimate of drug-likeness (QED) is 0.426. The van der Waals surface area contributed by atoms with Crippen LogP contribution >= 0.6 is 0 Å². The monoisotopic (exact) mass is 391 g/mol. The molecule has 0 atom stereocenters. The topological polar surface area (TPSA) is 74.5 Å². The van der Waals surface area contributed by atoms with Crippen molar-refractivity contribution in [3.05, 3.63) is 77.1 Å². The first-order valence-electron chi connectivity index (χ1n) is 9.97. The van der Waals surface area contributed by atoms with Crippen LogP contribution < -0.4 is 10.6 Å². The van der Waals surface area contributed by atoms with E-state index >= 15 is 0 Å². The van der Waals surface area contributed by atoms with Crippen molar-refractivity contribution in [2.75, 3.05) is 13.1 Å². The van der Waals surface area contributed by atoms with Gasteiger partial charge in [-0.25, -0.2) is 9.67 Å². The Balaban J connectivity index is 1.56. The molecule has 0 aliphatic carbocycles. The third-order valence-corrected chi connectivity index (χ3v) is 4.73. The molecule has 0 radical (unpaired) electrons. The molecule has 6 heteroatoms. The molecule has 0 saturated heterocycles. The van der Waals surface area contributed by atoms with Gasteiger partial charge in [-0.05, 0) is 67.6 Å². The summed E-state index contributed by atoms with van der Waals surface area (Å²) in [6.45, 7) is 8.04. The molecule has 0 aliphatic heterocycles. The number of nitrogens with zero attached hydrogens (tertiary/aromatic N) is 3. The largest absolute Gasteiger partial charge is 0.507 e. The van der Waals surface area contributed by atoms with Crippen LogP contribution in [0.4, 0.5) is 0 Å². The van der Waals surface area contributed by atoms with Crippen LogP contribution in [0.25, 0.3) is 5.69 Å². The third-order valence-electron chi connectivity index (χ3n) is 4.73. The maximum Gasteiger partial charge on any atom is 0.191 e. The molecule has 6 nitrogen and oxygen atoms in total. The second-order valence-electron chi connectivity index (χ2n) is 7.07. The lowest BCUT2D eigenvalue weighted by molar-refractivity contribution is 0.466. The Morgan fingerprint density at radius 3 is 2.41 bits per heavy atom. The lowest BCUT2D eigenvalue weighted by Gasteiger charge is -2.12. The number of aromatic hydroxyl groups is 1. The van der Waals surface area contributed by atoms with E-state index in [1.54, 1.807) is 6.20 Å². The minimum atomic E-state index is 0.362. The summed E-state index contributed by atoms with van der Waals surface area (Å²) in [7, 11) is 0. The van der Waals surface area contributed by atoms with Gasteiger partial charge in [-0.15, -0.1) is 0 Å². The first-order valence-corrected chi connectivity index (χ1v) is 9.97. The lowest BCUT2D eigenvalue weighted by atomic mass is 10.1. The van der Waals surface area contributed by atoms with Crippen LogP contribution in [0.2, 0.25) is 0 Å². The highest BCUT2D eigenvalue weighted by atomic mass is 16.3. The number of guanidine groups is 1. The smallest absolute Gasteiger partial charge is 0.191 e. The molecule has 0 saturated carbocycles. The van der Waals surface area contributed by atoms with E-state index in [1.807, 2.05) is 42.9 Å². The molecule has 3 aromatic rings. The number of phenolic OH excluding ortho intramolecular Hbond substituents is 1. The van der Waals surface area contributed by atoms with Gasteiger partial charge in [0.05, 0.1) is 12.2 Å². The summed E-state index contributed by atoms with van der Waals surface area (Å²) in [5.74, 6) is 1.16. The fraction of sp³-hybridized carbons (Fsp3) is 0.304. The van der Waals surface area contributed by atoms with Crippen molar-refractivity contribution in [3.8, 4) is 11.4 Å². The first-order chi connectivity index (χ1) is 14.1. The van der Waals surface area contributed by atoms with Crippen LogP contribution in [0.3, 0.4) is 0 Å². The summed E-state index contributed by atoms with van der Waals surface area (Å²) >= 11 is 0. The summed E-state index contributed by atoms with van der Waals surface area (Å²) in [6, 6.07) is 14.3. The third kappa shape index (κ3) is 5.60. The second-order valence-corrected chi connectivity index (χ2v) is 7.07. The maximum atomic E-state index is 9.92. The Morgan fingerprint density at radius 1 is 1.07 bits per heavy atom. The van der Waals surface area contributed by atoms with Gasteiger partial charge >= 0.3 is 0 Å². The molecule has 152 valence electrons. The molecule has 2 aromatic carbocycles. The number of hydrogen-bond acceptors (Lipinski definition) is 3. The molecule has 0 bridgehead atoms. The average Bonchev–Trinajstić information content (AvgIpc) is 3.25. The summed E-state index contributed by atoms with van der Waals surface area (Å²) in [4.78, 5) is 4.68. The van der Waals surface area contributed by atoms with Crippen molar-refractivity contribution in [2.24, 2.45) is 4.99 Å². The van der Waals surface area contributed by atoms with E-state index in [4.69, 9.17) is 0 Å². The molecule has 0 spiro atoms. The van der Waals surface area contributed by atoms with Crippen LogP contribution in [0.15, 0.2) is 59.9 Å². The predicted molar refractivity (Wildman–Crippen MR) is 118 cm³/mol. The highest BCUT2D eigenvalue weighted by Gasteiger charge is 2.04. The molecule has 1 aromatic heterocycles. The van der Waals surface area contributed by atoms with Gasteiger partial charge in [0, 0.05) is 25.5 Å². The van der Waals surface area contributed by atoms with E-state index in [0.717, 1.165) is 47.8 Å². The SMILES string of the molecule is CCNC(=NCc1cc(C)c(O)c(C)c1)NCCc1ccc(-n2cccn2)cc1. The molecule has 29 heavy (non-hydrogen) atoms. The molecular formula is C23H29N5O. The Bertz CT molecular complexity index is 923. The molecule has 3 N–H and O–H groups in total. The van der Waals surface area contributed by atoms with Gasteiger partial charge in [0.2, 0.25) is 0 Å². The summed E-state index contributed by atoms with van der Waals surface area (Å²) in [5.41, 5.74) is 5.16. The predicted octanol–water partition coefficient (Wildman–Crippen LogP) is 3.49. The number of benzene rings is 2. The highest BCUT2D eigenvalue weighted by molar-refractivity contribution is 5.79. The average molecular weight is 392 g/mol. The molecule has 3 rings (SSSR count). The molecule has 0 fully saturated rings. The number of nitrogens with one attached hydrogen (secondary N) is 2. The molecular weight excluding hydrogens is 362 g/mol. The van der Waals surface area contributed by atoms with Crippen molar-refractivity contribution >= 4 is 5.96 Å². The zero-order valence-electron chi connectivity index (χ0n) is 17.3. The fourth-order valence-electron chi connectivity index (χ4n) is 3.21. The van der Waals surface area contributed by atoms with Gasteiger partial charge < -0.3 is 15.7 Å². The Kier molecular flexibility index (Phi) is 6.89. The van der Waals surface area contributed by atoms with Gasteiger partial charge in [0.1, 0.15) is 5.75 Å². The van der Waals surface area contributed by atoms with Gasteiger partial charge in [0.25, 0.3) is 0 Å². The van der Waals surface area contributed by atoms with E-state index in [1.165, 1.54) is 5.56 Å². The number of aryl methyl sites for hydroxylation is 2. The first kappa shape index (κ1) is 20.5. The van der Waals surface area contributed by atoms with E-state index < -0.39 is 0 Å². The minimum Gasteiger partial charge on any atom is -0.507 e. The van der Waals surface area contributed by atoms with E-state index in [9.17, 15) is 5.11 Å². The zero-order valence-corrected chi connectivity index (χ0v) is 17.3. The number of hydrogen-bond donors (Lipinski definition) is 3.